The third-order valence-electron chi connectivity index (χ3n) is 5.16. The van der Waals surface area contributed by atoms with Gasteiger partial charge in [0.2, 0.25) is 0 Å². The molecule has 0 unspecified atom stereocenters. The zero-order valence-electron chi connectivity index (χ0n) is 19.9. The Morgan fingerprint density at radius 2 is 1.82 bits per heavy atom. The van der Waals surface area contributed by atoms with Crippen LogP contribution in [-0.2, 0) is 16.0 Å². The molecule has 7 nitrogen and oxygen atoms in total. The van der Waals surface area contributed by atoms with Crippen molar-refractivity contribution in [1.29, 1.82) is 0 Å². The predicted octanol–water partition coefficient (Wildman–Crippen LogP) is 5.55. The highest BCUT2D eigenvalue weighted by Crippen LogP contribution is 2.32. The van der Waals surface area contributed by atoms with Gasteiger partial charge in [0.15, 0.2) is 5.75 Å². The van der Waals surface area contributed by atoms with Crippen LogP contribution in [0.5, 0.6) is 5.75 Å². The van der Waals surface area contributed by atoms with Crippen molar-refractivity contribution in [2.24, 2.45) is 0 Å². The fraction of sp³-hybridized carbons (Fsp3) is 0.346. The third-order valence-corrected chi connectivity index (χ3v) is 5.45. The first kappa shape index (κ1) is 25.3. The lowest BCUT2D eigenvalue weighted by atomic mass is 9.99. The van der Waals surface area contributed by atoms with Crippen molar-refractivity contribution in [2.75, 3.05) is 0 Å². The smallest absolute Gasteiger partial charge is 0.408 e. The third kappa shape index (κ3) is 6.17. The van der Waals surface area contributed by atoms with E-state index in [1.54, 1.807) is 33.8 Å². The van der Waals surface area contributed by atoms with Crippen LogP contribution in [-0.4, -0.2) is 23.7 Å². The Labute approximate surface area is 203 Å². The van der Waals surface area contributed by atoms with Crippen LogP contribution in [0.15, 0.2) is 51.7 Å². The Bertz CT molecular complexity index is 1260. The van der Waals surface area contributed by atoms with Gasteiger partial charge in [-0.15, -0.1) is 0 Å². The molecule has 0 bridgehead atoms. The predicted molar refractivity (Wildman–Crippen MR) is 131 cm³/mol. The van der Waals surface area contributed by atoms with Crippen molar-refractivity contribution < 1.29 is 23.5 Å². The SMILES string of the molecule is CC[C@@H](NC(=O)OC(C)(C)C)C(=O)Oc1cc2oc(=O)c(Cc3ccccc3)c(C)c2cc1Cl. The van der Waals surface area contributed by atoms with Gasteiger partial charge in [0.1, 0.15) is 17.2 Å². The molecule has 34 heavy (non-hydrogen) atoms. The number of rotatable bonds is 6. The summed E-state index contributed by atoms with van der Waals surface area (Å²) in [4.78, 5) is 37.4. The Morgan fingerprint density at radius 3 is 2.44 bits per heavy atom. The van der Waals surface area contributed by atoms with E-state index < -0.39 is 29.3 Å². The zero-order valence-corrected chi connectivity index (χ0v) is 20.6. The van der Waals surface area contributed by atoms with Gasteiger partial charge in [-0.05, 0) is 51.3 Å². The number of ether oxygens (including phenoxy) is 2. The molecule has 1 N–H and O–H groups in total. The molecule has 1 heterocycles. The van der Waals surface area contributed by atoms with E-state index >= 15 is 0 Å². The quantitative estimate of drug-likeness (QED) is 0.279. The van der Waals surface area contributed by atoms with Crippen LogP contribution in [0, 0.1) is 6.92 Å². The lowest BCUT2D eigenvalue weighted by Crippen LogP contribution is -2.44. The highest BCUT2D eigenvalue weighted by molar-refractivity contribution is 6.33. The average molecular weight is 486 g/mol. The van der Waals surface area contributed by atoms with E-state index in [-0.39, 0.29) is 22.8 Å². The molecule has 3 rings (SSSR count). The number of carbonyl (C=O) groups is 2. The molecule has 1 aromatic heterocycles. The molecule has 1 atom stereocenters. The number of amides is 1. The van der Waals surface area contributed by atoms with Gasteiger partial charge in [-0.3, -0.25) is 0 Å². The summed E-state index contributed by atoms with van der Waals surface area (Å²) in [5, 5.41) is 3.32. The maximum atomic E-state index is 12.7. The molecule has 8 heteroatoms. The summed E-state index contributed by atoms with van der Waals surface area (Å²) in [6, 6.07) is 11.7. The lowest BCUT2D eigenvalue weighted by molar-refractivity contribution is -0.136. The molecular formula is C26H28ClNO6. The fourth-order valence-corrected chi connectivity index (χ4v) is 3.63. The summed E-state index contributed by atoms with van der Waals surface area (Å²) in [7, 11) is 0. The fourth-order valence-electron chi connectivity index (χ4n) is 3.43. The molecule has 2 aromatic carbocycles. The second-order valence-corrected chi connectivity index (χ2v) is 9.37. The van der Waals surface area contributed by atoms with Crippen LogP contribution in [0.3, 0.4) is 0 Å². The highest BCUT2D eigenvalue weighted by atomic mass is 35.5. The van der Waals surface area contributed by atoms with E-state index in [2.05, 4.69) is 5.32 Å². The number of fused-ring (bicyclic) bond motifs is 1. The normalized spacial score (nSPS) is 12.3. The first-order chi connectivity index (χ1) is 16.0. The molecule has 0 aliphatic rings. The van der Waals surface area contributed by atoms with Crippen molar-refractivity contribution in [3.8, 4) is 5.75 Å². The van der Waals surface area contributed by atoms with Crippen molar-refractivity contribution in [1.82, 2.24) is 5.32 Å². The summed E-state index contributed by atoms with van der Waals surface area (Å²) in [5.41, 5.74) is 1.34. The number of benzene rings is 2. The molecule has 0 spiro atoms. The number of esters is 1. The number of hydrogen-bond acceptors (Lipinski definition) is 6. The minimum atomic E-state index is -0.941. The number of carbonyl (C=O) groups excluding carboxylic acids is 2. The Kier molecular flexibility index (Phi) is 7.67. The highest BCUT2D eigenvalue weighted by Gasteiger charge is 2.25. The van der Waals surface area contributed by atoms with E-state index in [1.165, 1.54) is 6.07 Å². The van der Waals surface area contributed by atoms with Gasteiger partial charge in [0.05, 0.1) is 5.02 Å². The molecule has 3 aromatic rings. The van der Waals surface area contributed by atoms with E-state index in [1.807, 2.05) is 37.3 Å². The Hall–Kier alpha value is -3.32. The van der Waals surface area contributed by atoms with Gasteiger partial charge < -0.3 is 19.2 Å². The second kappa shape index (κ2) is 10.3. The van der Waals surface area contributed by atoms with E-state index in [9.17, 15) is 14.4 Å². The number of alkyl carbamates (subject to hydrolysis) is 1. The monoisotopic (exact) mass is 485 g/mol. The lowest BCUT2D eigenvalue weighted by Gasteiger charge is -2.22. The standard InChI is InChI=1S/C26H28ClNO6/c1-6-20(28-25(31)34-26(3,4)5)24(30)33-22-14-21-17(13-19(22)27)15(2)18(23(29)32-21)12-16-10-8-7-9-11-16/h7-11,13-14,20H,6,12H2,1-5H3,(H,28,31)/t20-/m1/s1. The van der Waals surface area contributed by atoms with Crippen LogP contribution in [0.2, 0.25) is 5.02 Å². The Morgan fingerprint density at radius 1 is 1.15 bits per heavy atom. The minimum absolute atomic E-state index is 0.0296. The number of hydrogen-bond donors (Lipinski definition) is 1. The molecular weight excluding hydrogens is 458 g/mol. The molecule has 0 fully saturated rings. The summed E-state index contributed by atoms with van der Waals surface area (Å²) in [6.45, 7) is 8.73. The van der Waals surface area contributed by atoms with Gasteiger partial charge >= 0.3 is 17.7 Å². The molecule has 1 amide bonds. The molecule has 0 aliphatic carbocycles. The summed E-state index contributed by atoms with van der Waals surface area (Å²) < 4.78 is 16.2. The maximum absolute atomic E-state index is 12.7. The molecule has 0 aliphatic heterocycles. The van der Waals surface area contributed by atoms with Crippen LogP contribution in [0.1, 0.15) is 50.8 Å². The van der Waals surface area contributed by atoms with Crippen molar-refractivity contribution >= 4 is 34.6 Å². The van der Waals surface area contributed by atoms with E-state index in [4.69, 9.17) is 25.5 Å². The van der Waals surface area contributed by atoms with E-state index in [0.717, 1.165) is 11.1 Å². The van der Waals surface area contributed by atoms with Crippen molar-refractivity contribution in [2.45, 2.75) is 59.1 Å². The van der Waals surface area contributed by atoms with E-state index in [0.29, 0.717) is 17.4 Å². The topological polar surface area (TPSA) is 94.8 Å². The second-order valence-electron chi connectivity index (χ2n) is 8.96. The zero-order chi connectivity index (χ0) is 25.0. The van der Waals surface area contributed by atoms with Crippen LogP contribution in [0.25, 0.3) is 11.0 Å². The minimum Gasteiger partial charge on any atom is -0.444 e. The average Bonchev–Trinajstić information content (AvgIpc) is 2.75. The first-order valence-corrected chi connectivity index (χ1v) is 11.4. The van der Waals surface area contributed by atoms with Gasteiger partial charge in [0.25, 0.3) is 0 Å². The largest absolute Gasteiger partial charge is 0.444 e. The molecule has 0 radical (unpaired) electrons. The van der Waals surface area contributed by atoms with Crippen LogP contribution >= 0.6 is 11.6 Å². The summed E-state index contributed by atoms with van der Waals surface area (Å²) in [5.74, 6) is -0.684. The van der Waals surface area contributed by atoms with Crippen molar-refractivity contribution in [3.05, 3.63) is 74.6 Å². The van der Waals surface area contributed by atoms with Gasteiger partial charge in [0, 0.05) is 23.4 Å². The van der Waals surface area contributed by atoms with Crippen LogP contribution in [0.4, 0.5) is 4.79 Å². The molecule has 180 valence electrons. The van der Waals surface area contributed by atoms with Gasteiger partial charge in [-0.1, -0.05) is 48.9 Å². The number of aryl methyl sites for hydroxylation is 1. The Balaban J connectivity index is 1.85. The molecule has 0 saturated heterocycles. The summed E-state index contributed by atoms with van der Waals surface area (Å²) in [6.07, 6.45) is -0.0258. The molecule has 0 saturated carbocycles. The summed E-state index contributed by atoms with van der Waals surface area (Å²) >= 11 is 6.40. The van der Waals surface area contributed by atoms with Gasteiger partial charge in [-0.2, -0.15) is 0 Å². The first-order valence-electron chi connectivity index (χ1n) is 11.0. The number of halogens is 1. The maximum Gasteiger partial charge on any atom is 0.408 e. The van der Waals surface area contributed by atoms with Crippen LogP contribution < -0.4 is 15.7 Å². The van der Waals surface area contributed by atoms with Crippen molar-refractivity contribution in [3.63, 3.8) is 0 Å². The van der Waals surface area contributed by atoms with Gasteiger partial charge in [-0.25, -0.2) is 14.4 Å². The number of nitrogens with one attached hydrogen (secondary N) is 1.